The molecule has 2 amide bonds. The summed E-state index contributed by atoms with van der Waals surface area (Å²) in [4.78, 5) is 47.6. The van der Waals surface area contributed by atoms with Gasteiger partial charge >= 0.3 is 36.1 Å². The van der Waals surface area contributed by atoms with Crippen molar-refractivity contribution < 1.29 is 64.5 Å². The van der Waals surface area contributed by atoms with E-state index < -0.39 is 58.6 Å². The number of carbonyl (C=O) groups is 4. The zero-order valence-corrected chi connectivity index (χ0v) is 32.8. The molecule has 322 valence electrons. The van der Waals surface area contributed by atoms with Crippen LogP contribution in [0.5, 0.6) is 11.5 Å². The second kappa shape index (κ2) is 22.8. The summed E-state index contributed by atoms with van der Waals surface area (Å²) in [6.07, 6.45) is -5.54. The lowest BCUT2D eigenvalue weighted by Crippen LogP contribution is -2.31. The second-order valence-corrected chi connectivity index (χ2v) is 12.8. The standard InChI is InChI=1S/C46H38F6N2O8/c1-3-41(55)61-27-7-5-25-59-35-19-13-31(14-20-35)9-11-33-17-23-39(37(29-33)45(47,48)49)53-43(57)44(58)54-40-24-18-34(30-38(40)46(50,51)52)12-10-32-15-21-36(22-16-32)60-26-6-8-28-62-42(56)4-2/h3-4,13-24,29-30H,1-2,5-8,25-28H2,(H,53,57)(H,54,58). The molecule has 4 aromatic carbocycles. The fraction of sp³-hybridized carbons (Fsp3) is 0.217. The summed E-state index contributed by atoms with van der Waals surface area (Å²) in [6.45, 7) is 7.75. The average molecular weight is 861 g/mol. The highest BCUT2D eigenvalue weighted by Crippen LogP contribution is 2.37. The molecule has 4 rings (SSSR count). The maximum absolute atomic E-state index is 14.1. The van der Waals surface area contributed by atoms with Gasteiger partial charge in [-0.05, 0) is 111 Å². The van der Waals surface area contributed by atoms with Crippen LogP contribution in [0.25, 0.3) is 0 Å². The van der Waals surface area contributed by atoms with Gasteiger partial charge in [0, 0.05) is 34.4 Å². The number of alkyl halides is 6. The van der Waals surface area contributed by atoms with Crippen LogP contribution in [0.1, 0.15) is 59.1 Å². The predicted octanol–water partition coefficient (Wildman–Crippen LogP) is 8.88. The van der Waals surface area contributed by atoms with E-state index in [1.165, 1.54) is 12.1 Å². The molecule has 0 aliphatic heterocycles. The minimum atomic E-state index is -5.02. The number of anilines is 2. The molecule has 0 heterocycles. The molecule has 0 saturated carbocycles. The summed E-state index contributed by atoms with van der Waals surface area (Å²) in [5.41, 5.74) is -3.64. The molecule has 62 heavy (non-hydrogen) atoms. The van der Waals surface area contributed by atoms with Gasteiger partial charge in [0.05, 0.1) is 48.9 Å². The molecule has 0 saturated heterocycles. The Hall–Kier alpha value is -7.46. The average Bonchev–Trinajstić information content (AvgIpc) is 3.25. The van der Waals surface area contributed by atoms with Crippen LogP contribution in [-0.2, 0) is 41.0 Å². The number of benzene rings is 4. The lowest BCUT2D eigenvalue weighted by atomic mass is 10.1. The van der Waals surface area contributed by atoms with Crippen molar-refractivity contribution in [1.82, 2.24) is 0 Å². The van der Waals surface area contributed by atoms with Crippen molar-refractivity contribution >= 4 is 35.1 Å². The zero-order chi connectivity index (χ0) is 45.1. The topological polar surface area (TPSA) is 129 Å². The van der Waals surface area contributed by atoms with E-state index >= 15 is 0 Å². The van der Waals surface area contributed by atoms with E-state index in [0.717, 1.165) is 24.3 Å². The Morgan fingerprint density at radius 1 is 0.500 bits per heavy atom. The molecule has 16 heteroatoms. The second-order valence-electron chi connectivity index (χ2n) is 12.8. The Kier molecular flexibility index (Phi) is 17.4. The van der Waals surface area contributed by atoms with E-state index in [1.54, 1.807) is 48.5 Å². The first-order valence-electron chi connectivity index (χ1n) is 18.7. The number of hydrogen-bond donors (Lipinski definition) is 2. The lowest BCUT2D eigenvalue weighted by Gasteiger charge is -2.16. The third-order valence-corrected chi connectivity index (χ3v) is 8.20. The number of hydrogen-bond acceptors (Lipinski definition) is 8. The number of halogens is 6. The summed E-state index contributed by atoms with van der Waals surface area (Å²) in [5, 5.41) is 3.65. The molecule has 0 radical (unpaired) electrons. The fourth-order valence-corrected chi connectivity index (χ4v) is 5.10. The van der Waals surface area contributed by atoms with Gasteiger partial charge in [0.25, 0.3) is 0 Å². The first kappa shape index (κ1) is 47.2. The van der Waals surface area contributed by atoms with E-state index in [0.29, 0.717) is 73.7 Å². The first-order valence-corrected chi connectivity index (χ1v) is 18.7. The van der Waals surface area contributed by atoms with Gasteiger partial charge in [-0.2, -0.15) is 26.3 Å². The molecule has 10 nitrogen and oxygen atoms in total. The van der Waals surface area contributed by atoms with Crippen molar-refractivity contribution in [2.24, 2.45) is 0 Å². The molecular weight excluding hydrogens is 823 g/mol. The Morgan fingerprint density at radius 3 is 1.16 bits per heavy atom. The van der Waals surface area contributed by atoms with Crippen molar-refractivity contribution in [2.45, 2.75) is 38.0 Å². The third kappa shape index (κ3) is 15.6. The highest BCUT2D eigenvalue weighted by Gasteiger charge is 2.36. The monoisotopic (exact) mass is 860 g/mol. The smallest absolute Gasteiger partial charge is 0.418 e. The quantitative estimate of drug-likeness (QED) is 0.0286. The molecule has 0 unspecified atom stereocenters. The molecule has 0 atom stereocenters. The van der Waals surface area contributed by atoms with Crippen LogP contribution < -0.4 is 20.1 Å². The number of nitrogens with one attached hydrogen (secondary N) is 2. The van der Waals surface area contributed by atoms with Gasteiger partial charge in [0.2, 0.25) is 0 Å². The van der Waals surface area contributed by atoms with Gasteiger partial charge in [-0.25, -0.2) is 9.59 Å². The Labute approximate surface area is 352 Å². The van der Waals surface area contributed by atoms with Crippen LogP contribution in [-0.4, -0.2) is 50.2 Å². The molecule has 0 fully saturated rings. The minimum absolute atomic E-state index is 0.0877. The highest BCUT2D eigenvalue weighted by atomic mass is 19.4. The first-order chi connectivity index (χ1) is 29.5. The Morgan fingerprint density at radius 2 is 0.823 bits per heavy atom. The fourth-order valence-electron chi connectivity index (χ4n) is 5.10. The summed E-state index contributed by atoms with van der Waals surface area (Å²) in [6, 6.07) is 18.2. The van der Waals surface area contributed by atoms with Crippen LogP contribution in [0, 0.1) is 23.7 Å². The highest BCUT2D eigenvalue weighted by molar-refractivity contribution is 6.43. The number of unbranched alkanes of at least 4 members (excludes halogenated alkanes) is 2. The van der Waals surface area contributed by atoms with Crippen LogP contribution >= 0.6 is 0 Å². The molecule has 0 aromatic heterocycles. The van der Waals surface area contributed by atoms with Gasteiger partial charge in [0.15, 0.2) is 0 Å². The number of amides is 2. The van der Waals surface area contributed by atoms with E-state index in [1.807, 2.05) is 10.6 Å². The van der Waals surface area contributed by atoms with E-state index in [4.69, 9.17) is 18.9 Å². The van der Waals surface area contributed by atoms with Gasteiger partial charge in [-0.1, -0.05) is 36.8 Å². The molecule has 0 aliphatic carbocycles. The van der Waals surface area contributed by atoms with E-state index in [-0.39, 0.29) is 24.3 Å². The lowest BCUT2D eigenvalue weighted by molar-refractivity contribution is -0.138. The van der Waals surface area contributed by atoms with Crippen molar-refractivity contribution in [3.63, 3.8) is 0 Å². The molecule has 0 spiro atoms. The molecule has 2 N–H and O–H groups in total. The van der Waals surface area contributed by atoms with Crippen molar-refractivity contribution in [3.05, 3.63) is 144 Å². The molecular formula is C46H38F6N2O8. The van der Waals surface area contributed by atoms with Gasteiger partial charge < -0.3 is 29.6 Å². The van der Waals surface area contributed by atoms with Gasteiger partial charge in [-0.3, -0.25) is 9.59 Å². The summed E-state index contributed by atoms with van der Waals surface area (Å²) in [5.74, 6) is 7.35. The molecule has 0 aliphatic rings. The van der Waals surface area contributed by atoms with Crippen molar-refractivity contribution in [2.75, 3.05) is 37.1 Å². The number of carbonyl (C=O) groups excluding carboxylic acids is 4. The van der Waals surface area contributed by atoms with E-state index in [9.17, 15) is 45.5 Å². The number of esters is 2. The SMILES string of the molecule is C=CC(=O)OCCCCOc1ccc(C#Cc2ccc(NC(=O)C(=O)Nc3ccc(C#Cc4ccc(OCCCCOC(=O)C=C)cc4)cc3C(F)(F)F)c(C(F)(F)F)c2)cc1. The number of ether oxygens (including phenoxy) is 4. The maximum atomic E-state index is 14.1. The van der Waals surface area contributed by atoms with Crippen LogP contribution in [0.4, 0.5) is 37.7 Å². The molecule has 4 aromatic rings. The van der Waals surface area contributed by atoms with Crippen LogP contribution in [0.3, 0.4) is 0 Å². The molecule has 0 bridgehead atoms. The van der Waals surface area contributed by atoms with Crippen molar-refractivity contribution in [1.29, 1.82) is 0 Å². The van der Waals surface area contributed by atoms with Gasteiger partial charge in [-0.15, -0.1) is 0 Å². The third-order valence-electron chi connectivity index (χ3n) is 8.20. The largest absolute Gasteiger partial charge is 0.494 e. The summed E-state index contributed by atoms with van der Waals surface area (Å²) < 4.78 is 105. The summed E-state index contributed by atoms with van der Waals surface area (Å²) >= 11 is 0. The van der Waals surface area contributed by atoms with Crippen molar-refractivity contribution in [3.8, 4) is 35.2 Å². The van der Waals surface area contributed by atoms with Gasteiger partial charge in [0.1, 0.15) is 11.5 Å². The minimum Gasteiger partial charge on any atom is -0.494 e. The summed E-state index contributed by atoms with van der Waals surface area (Å²) in [7, 11) is 0. The Balaban J connectivity index is 1.36. The normalized spacial score (nSPS) is 10.7. The predicted molar refractivity (Wildman–Crippen MR) is 217 cm³/mol. The Bertz CT molecular complexity index is 2200. The maximum Gasteiger partial charge on any atom is 0.418 e. The van der Waals surface area contributed by atoms with Crippen LogP contribution in [0.2, 0.25) is 0 Å². The zero-order valence-electron chi connectivity index (χ0n) is 32.8. The van der Waals surface area contributed by atoms with E-state index in [2.05, 4.69) is 36.8 Å². The number of rotatable bonds is 16. The van der Waals surface area contributed by atoms with Crippen LogP contribution in [0.15, 0.2) is 110 Å².